The van der Waals surface area contributed by atoms with E-state index in [9.17, 15) is 0 Å². The average Bonchev–Trinajstić information content (AvgIpc) is 2.55. The van der Waals surface area contributed by atoms with Crippen LogP contribution >= 0.6 is 0 Å². The molecular weight excluding hydrogens is 142 g/mol. The smallest absolute Gasteiger partial charge is 0.162 e. The van der Waals surface area contributed by atoms with Gasteiger partial charge in [0.05, 0.1) is 13.2 Å². The Balaban J connectivity index is 1.92. The van der Waals surface area contributed by atoms with Crippen molar-refractivity contribution >= 4 is 0 Å². The van der Waals surface area contributed by atoms with Gasteiger partial charge in [-0.3, -0.25) is 0 Å². The maximum atomic E-state index is 5.90. The van der Waals surface area contributed by atoms with Crippen LogP contribution in [0.1, 0.15) is 19.3 Å². The molecule has 64 valence electrons. The summed E-state index contributed by atoms with van der Waals surface area (Å²) in [5.41, 5.74) is 5.90. The maximum absolute atomic E-state index is 5.90. The fourth-order valence-corrected chi connectivity index (χ4v) is 1.98. The molecule has 2 fully saturated rings. The van der Waals surface area contributed by atoms with E-state index < -0.39 is 0 Å². The van der Waals surface area contributed by atoms with Crippen molar-refractivity contribution in [2.75, 3.05) is 13.2 Å². The van der Waals surface area contributed by atoms with Gasteiger partial charge in [-0.15, -0.1) is 0 Å². The van der Waals surface area contributed by atoms with Crippen molar-refractivity contribution in [1.82, 2.24) is 0 Å². The molecule has 0 aromatic carbocycles. The molecule has 1 aliphatic carbocycles. The molecule has 3 heteroatoms. The van der Waals surface area contributed by atoms with E-state index in [2.05, 4.69) is 0 Å². The summed E-state index contributed by atoms with van der Waals surface area (Å²) in [6.07, 6.45) is 3.54. The van der Waals surface area contributed by atoms with E-state index in [0.717, 1.165) is 19.6 Å². The van der Waals surface area contributed by atoms with Gasteiger partial charge in [-0.05, 0) is 12.8 Å². The summed E-state index contributed by atoms with van der Waals surface area (Å²) in [6.45, 7) is 1.49. The lowest BCUT2D eigenvalue weighted by molar-refractivity contribution is -0.0849. The Morgan fingerprint density at radius 1 is 1.09 bits per heavy atom. The highest BCUT2D eigenvalue weighted by atomic mass is 16.7. The molecule has 2 rings (SSSR count). The van der Waals surface area contributed by atoms with Crippen LogP contribution in [0.15, 0.2) is 0 Å². The van der Waals surface area contributed by atoms with Crippen LogP contribution in [0.5, 0.6) is 0 Å². The van der Waals surface area contributed by atoms with Crippen molar-refractivity contribution in [3.05, 3.63) is 0 Å². The molecule has 0 aromatic heterocycles. The van der Waals surface area contributed by atoms with E-state index >= 15 is 0 Å². The fourth-order valence-electron chi connectivity index (χ4n) is 1.98. The number of hydrogen-bond donors (Lipinski definition) is 1. The van der Waals surface area contributed by atoms with Crippen LogP contribution in [0.2, 0.25) is 0 Å². The Bertz CT molecular complexity index is 134. The molecule has 0 radical (unpaired) electrons. The Labute approximate surface area is 66.8 Å². The van der Waals surface area contributed by atoms with Gasteiger partial charge in [0.1, 0.15) is 0 Å². The van der Waals surface area contributed by atoms with Crippen molar-refractivity contribution in [2.45, 2.75) is 31.6 Å². The van der Waals surface area contributed by atoms with Crippen molar-refractivity contribution < 1.29 is 9.47 Å². The number of ether oxygens (including phenoxy) is 2. The number of hydrogen-bond acceptors (Lipinski definition) is 3. The zero-order valence-corrected chi connectivity index (χ0v) is 6.66. The van der Waals surface area contributed by atoms with Gasteiger partial charge in [0, 0.05) is 12.0 Å². The monoisotopic (exact) mass is 157 g/mol. The highest BCUT2D eigenvalue weighted by Gasteiger charge is 2.34. The molecule has 0 aromatic rings. The summed E-state index contributed by atoms with van der Waals surface area (Å²) in [5, 5.41) is 0. The number of nitrogens with two attached hydrogens (primary N) is 1. The Hall–Kier alpha value is -0.120. The van der Waals surface area contributed by atoms with Crippen LogP contribution in [-0.2, 0) is 9.47 Å². The quantitative estimate of drug-likeness (QED) is 0.602. The van der Waals surface area contributed by atoms with E-state index in [4.69, 9.17) is 15.2 Å². The van der Waals surface area contributed by atoms with Gasteiger partial charge in [0.25, 0.3) is 0 Å². The molecule has 1 heterocycles. The molecule has 1 saturated carbocycles. The van der Waals surface area contributed by atoms with Gasteiger partial charge in [-0.25, -0.2) is 0 Å². The van der Waals surface area contributed by atoms with E-state index in [-0.39, 0.29) is 6.29 Å². The summed E-state index contributed by atoms with van der Waals surface area (Å²) < 4.78 is 10.8. The van der Waals surface area contributed by atoms with Crippen LogP contribution < -0.4 is 5.73 Å². The summed E-state index contributed by atoms with van der Waals surface area (Å²) in [5.74, 6) is 0.456. The summed E-state index contributed by atoms with van der Waals surface area (Å²) in [4.78, 5) is 0. The van der Waals surface area contributed by atoms with E-state index in [0.29, 0.717) is 12.0 Å². The van der Waals surface area contributed by atoms with Crippen LogP contribution in [0.4, 0.5) is 0 Å². The van der Waals surface area contributed by atoms with Crippen molar-refractivity contribution in [2.24, 2.45) is 11.7 Å². The molecule has 0 bridgehead atoms. The lowest BCUT2D eigenvalue weighted by Crippen LogP contribution is -2.34. The van der Waals surface area contributed by atoms with Gasteiger partial charge >= 0.3 is 0 Å². The Kier molecular flexibility index (Phi) is 2.11. The lowest BCUT2D eigenvalue weighted by atomic mass is 10.0. The second-order valence-electron chi connectivity index (χ2n) is 3.37. The molecule has 0 amide bonds. The first-order valence-electron chi connectivity index (χ1n) is 4.37. The zero-order valence-electron chi connectivity index (χ0n) is 6.66. The third kappa shape index (κ3) is 1.41. The minimum atomic E-state index is 0.00694. The minimum absolute atomic E-state index is 0.00694. The fraction of sp³-hybridized carbons (Fsp3) is 1.00. The van der Waals surface area contributed by atoms with Gasteiger partial charge < -0.3 is 15.2 Å². The first kappa shape index (κ1) is 7.53. The average molecular weight is 157 g/mol. The summed E-state index contributed by atoms with van der Waals surface area (Å²) >= 11 is 0. The third-order valence-electron chi connectivity index (χ3n) is 2.62. The van der Waals surface area contributed by atoms with Crippen LogP contribution in [0.25, 0.3) is 0 Å². The molecule has 1 saturated heterocycles. The van der Waals surface area contributed by atoms with Gasteiger partial charge in [0.2, 0.25) is 0 Å². The van der Waals surface area contributed by atoms with Crippen LogP contribution in [0, 0.1) is 5.92 Å². The van der Waals surface area contributed by atoms with Crippen molar-refractivity contribution in [3.63, 3.8) is 0 Å². The van der Waals surface area contributed by atoms with Crippen LogP contribution in [0.3, 0.4) is 0 Å². The molecule has 2 unspecified atom stereocenters. The van der Waals surface area contributed by atoms with Crippen molar-refractivity contribution in [3.8, 4) is 0 Å². The first-order valence-corrected chi connectivity index (χ1v) is 4.37. The van der Waals surface area contributed by atoms with Crippen molar-refractivity contribution in [1.29, 1.82) is 0 Å². The maximum Gasteiger partial charge on any atom is 0.162 e. The lowest BCUT2D eigenvalue weighted by Gasteiger charge is -2.20. The SMILES string of the molecule is NC1CCCC1C1OCCO1. The van der Waals surface area contributed by atoms with Gasteiger partial charge in [-0.2, -0.15) is 0 Å². The standard InChI is InChI=1S/C8H15NO2/c9-7-3-1-2-6(7)8-10-4-5-11-8/h6-8H,1-5,9H2. The Morgan fingerprint density at radius 3 is 2.36 bits per heavy atom. The number of rotatable bonds is 1. The zero-order chi connectivity index (χ0) is 7.68. The van der Waals surface area contributed by atoms with E-state index in [1.54, 1.807) is 0 Å². The van der Waals surface area contributed by atoms with Gasteiger partial charge in [0.15, 0.2) is 6.29 Å². The topological polar surface area (TPSA) is 44.5 Å². The van der Waals surface area contributed by atoms with E-state index in [1.807, 2.05) is 0 Å². The molecule has 2 N–H and O–H groups in total. The molecule has 1 aliphatic heterocycles. The van der Waals surface area contributed by atoms with Gasteiger partial charge in [-0.1, -0.05) is 6.42 Å². The largest absolute Gasteiger partial charge is 0.350 e. The first-order chi connectivity index (χ1) is 5.38. The summed E-state index contributed by atoms with van der Waals surface area (Å²) in [7, 11) is 0. The van der Waals surface area contributed by atoms with Crippen LogP contribution in [-0.4, -0.2) is 25.5 Å². The summed E-state index contributed by atoms with van der Waals surface area (Å²) in [6, 6.07) is 0.304. The molecule has 0 spiro atoms. The minimum Gasteiger partial charge on any atom is -0.350 e. The predicted molar refractivity (Wildman–Crippen MR) is 41.0 cm³/mol. The normalized spacial score (nSPS) is 40.1. The molecular formula is C8H15NO2. The second-order valence-corrected chi connectivity index (χ2v) is 3.37. The second kappa shape index (κ2) is 3.09. The molecule has 3 nitrogen and oxygen atoms in total. The Morgan fingerprint density at radius 2 is 1.82 bits per heavy atom. The highest BCUT2D eigenvalue weighted by Crippen LogP contribution is 2.30. The highest BCUT2D eigenvalue weighted by molar-refractivity contribution is 4.83. The molecule has 2 atom stereocenters. The molecule has 2 aliphatic rings. The molecule has 11 heavy (non-hydrogen) atoms. The van der Waals surface area contributed by atoms with E-state index in [1.165, 1.54) is 12.8 Å². The predicted octanol–water partition coefficient (Wildman–Crippen LogP) is 0.487. The third-order valence-corrected chi connectivity index (χ3v) is 2.62.